The van der Waals surface area contributed by atoms with E-state index >= 15 is 0 Å². The smallest absolute Gasteiger partial charge is 0.254 e. The van der Waals surface area contributed by atoms with Gasteiger partial charge in [0.05, 0.1) is 0 Å². The Labute approximate surface area is 130 Å². The van der Waals surface area contributed by atoms with Gasteiger partial charge in [0.2, 0.25) is 6.79 Å². The number of ether oxygens (including phenoxy) is 2. The molecule has 2 fully saturated rings. The lowest BCUT2D eigenvalue weighted by molar-refractivity contribution is 0.0664. The molecule has 0 aliphatic carbocycles. The second kappa shape index (κ2) is 5.47. The SMILES string of the molecule is CN1CCC[C@@H]1[C@H]1CCCN1C(=O)c1ccc2c(c1)OCO2. The Morgan fingerprint density at radius 2 is 1.86 bits per heavy atom. The number of hydrogen-bond donors (Lipinski definition) is 0. The van der Waals surface area contributed by atoms with E-state index in [0.717, 1.165) is 31.7 Å². The van der Waals surface area contributed by atoms with Crippen molar-refractivity contribution in [1.82, 2.24) is 9.80 Å². The van der Waals surface area contributed by atoms with Crippen molar-refractivity contribution >= 4 is 5.91 Å². The van der Waals surface area contributed by atoms with Crippen molar-refractivity contribution in [2.75, 3.05) is 26.9 Å². The van der Waals surface area contributed by atoms with Gasteiger partial charge in [-0.25, -0.2) is 0 Å². The molecule has 118 valence electrons. The molecule has 5 nitrogen and oxygen atoms in total. The van der Waals surface area contributed by atoms with E-state index < -0.39 is 0 Å². The zero-order valence-corrected chi connectivity index (χ0v) is 13.0. The van der Waals surface area contributed by atoms with Crippen LogP contribution < -0.4 is 9.47 Å². The zero-order chi connectivity index (χ0) is 15.1. The first kappa shape index (κ1) is 13.9. The summed E-state index contributed by atoms with van der Waals surface area (Å²) in [6, 6.07) is 6.37. The first-order chi connectivity index (χ1) is 10.7. The highest BCUT2D eigenvalue weighted by Crippen LogP contribution is 2.34. The van der Waals surface area contributed by atoms with Crippen LogP contribution in [0.1, 0.15) is 36.0 Å². The molecule has 3 heterocycles. The van der Waals surface area contributed by atoms with Gasteiger partial charge in [-0.3, -0.25) is 4.79 Å². The van der Waals surface area contributed by atoms with Crippen LogP contribution in [0.3, 0.4) is 0 Å². The highest BCUT2D eigenvalue weighted by Gasteiger charge is 2.38. The molecule has 2 atom stereocenters. The third-order valence-corrected chi connectivity index (χ3v) is 5.20. The second-order valence-corrected chi connectivity index (χ2v) is 6.47. The Hall–Kier alpha value is -1.75. The van der Waals surface area contributed by atoms with Crippen LogP contribution in [-0.2, 0) is 0 Å². The maximum Gasteiger partial charge on any atom is 0.254 e. The molecule has 3 aliphatic rings. The van der Waals surface area contributed by atoms with Gasteiger partial charge in [-0.1, -0.05) is 0 Å². The van der Waals surface area contributed by atoms with Gasteiger partial charge in [-0.05, 0) is 57.5 Å². The van der Waals surface area contributed by atoms with Crippen LogP contribution in [-0.4, -0.2) is 54.7 Å². The molecular weight excluding hydrogens is 280 g/mol. The van der Waals surface area contributed by atoms with E-state index in [1.165, 1.54) is 12.8 Å². The highest BCUT2D eigenvalue weighted by molar-refractivity contribution is 5.95. The van der Waals surface area contributed by atoms with E-state index in [1.54, 1.807) is 0 Å². The van der Waals surface area contributed by atoms with Crippen LogP contribution in [0.25, 0.3) is 0 Å². The van der Waals surface area contributed by atoms with Gasteiger partial charge in [-0.15, -0.1) is 0 Å². The second-order valence-electron chi connectivity index (χ2n) is 6.47. The van der Waals surface area contributed by atoms with E-state index in [1.807, 2.05) is 18.2 Å². The first-order valence-corrected chi connectivity index (χ1v) is 8.15. The van der Waals surface area contributed by atoms with Crippen molar-refractivity contribution in [2.24, 2.45) is 0 Å². The fourth-order valence-electron chi connectivity index (χ4n) is 4.06. The molecule has 0 bridgehead atoms. The average Bonchev–Trinajstić information content (AvgIpc) is 3.25. The predicted octanol–water partition coefficient (Wildman–Crippen LogP) is 2.11. The number of benzene rings is 1. The summed E-state index contributed by atoms with van der Waals surface area (Å²) in [4.78, 5) is 17.4. The summed E-state index contributed by atoms with van der Waals surface area (Å²) in [5, 5.41) is 0. The quantitative estimate of drug-likeness (QED) is 0.839. The summed E-state index contributed by atoms with van der Waals surface area (Å²) in [5.74, 6) is 1.53. The third-order valence-electron chi connectivity index (χ3n) is 5.20. The van der Waals surface area contributed by atoms with Gasteiger partial charge in [0.25, 0.3) is 5.91 Å². The minimum atomic E-state index is 0.126. The summed E-state index contributed by atoms with van der Waals surface area (Å²) in [6.07, 6.45) is 4.66. The fraction of sp³-hybridized carbons (Fsp3) is 0.588. The molecule has 0 aromatic heterocycles. The number of carbonyl (C=O) groups is 1. The standard InChI is InChI=1S/C17H22N2O3/c1-18-8-2-4-13(18)14-5-3-9-19(14)17(20)12-6-7-15-16(10-12)22-11-21-15/h6-7,10,13-14H,2-5,8-9,11H2,1H3/t13-,14-/m1/s1. The first-order valence-electron chi connectivity index (χ1n) is 8.15. The Kier molecular flexibility index (Phi) is 3.45. The number of nitrogens with zero attached hydrogens (tertiary/aromatic N) is 2. The number of likely N-dealkylation sites (N-methyl/N-ethyl adjacent to an activating group) is 1. The molecule has 0 spiro atoms. The van der Waals surface area contributed by atoms with E-state index in [4.69, 9.17) is 9.47 Å². The third kappa shape index (κ3) is 2.24. The molecule has 0 saturated carbocycles. The Bertz CT molecular complexity index is 589. The van der Waals surface area contributed by atoms with Gasteiger partial charge < -0.3 is 19.3 Å². The van der Waals surface area contributed by atoms with Crippen LogP contribution in [0.4, 0.5) is 0 Å². The van der Waals surface area contributed by atoms with Crippen molar-refractivity contribution in [3.05, 3.63) is 23.8 Å². The largest absolute Gasteiger partial charge is 0.454 e. The summed E-state index contributed by atoms with van der Waals surface area (Å²) >= 11 is 0. The molecule has 4 rings (SSSR count). The van der Waals surface area contributed by atoms with Gasteiger partial charge in [0, 0.05) is 24.2 Å². The Morgan fingerprint density at radius 1 is 1.09 bits per heavy atom. The highest BCUT2D eigenvalue weighted by atomic mass is 16.7. The van der Waals surface area contributed by atoms with E-state index in [-0.39, 0.29) is 12.7 Å². The maximum atomic E-state index is 12.9. The minimum Gasteiger partial charge on any atom is -0.454 e. The maximum absolute atomic E-state index is 12.9. The minimum absolute atomic E-state index is 0.126. The fourth-order valence-corrected chi connectivity index (χ4v) is 4.06. The summed E-state index contributed by atoms with van der Waals surface area (Å²) < 4.78 is 10.7. The molecule has 3 aliphatic heterocycles. The Morgan fingerprint density at radius 3 is 2.68 bits per heavy atom. The monoisotopic (exact) mass is 302 g/mol. The van der Waals surface area contributed by atoms with Gasteiger partial charge >= 0.3 is 0 Å². The lowest BCUT2D eigenvalue weighted by Gasteiger charge is -2.33. The molecule has 0 unspecified atom stereocenters. The zero-order valence-electron chi connectivity index (χ0n) is 13.0. The van der Waals surface area contributed by atoms with Crippen LogP contribution >= 0.6 is 0 Å². The molecule has 0 N–H and O–H groups in total. The predicted molar refractivity (Wildman–Crippen MR) is 82.3 cm³/mol. The van der Waals surface area contributed by atoms with Gasteiger partial charge in [0.1, 0.15) is 0 Å². The summed E-state index contributed by atoms with van der Waals surface area (Å²) in [7, 11) is 2.18. The van der Waals surface area contributed by atoms with Gasteiger partial charge in [0.15, 0.2) is 11.5 Å². The van der Waals surface area contributed by atoms with Crippen LogP contribution in [0.15, 0.2) is 18.2 Å². The van der Waals surface area contributed by atoms with Crippen molar-refractivity contribution in [2.45, 2.75) is 37.8 Å². The molecule has 22 heavy (non-hydrogen) atoms. The number of fused-ring (bicyclic) bond motifs is 1. The summed E-state index contributed by atoms with van der Waals surface area (Å²) in [5.41, 5.74) is 0.705. The van der Waals surface area contributed by atoms with E-state index in [2.05, 4.69) is 16.8 Å². The normalized spacial score (nSPS) is 27.6. The van der Waals surface area contributed by atoms with Crippen LogP contribution in [0.2, 0.25) is 0 Å². The molecule has 0 radical (unpaired) electrons. The molecule has 1 amide bonds. The van der Waals surface area contributed by atoms with Crippen molar-refractivity contribution in [3.63, 3.8) is 0 Å². The topological polar surface area (TPSA) is 42.0 Å². The Balaban J connectivity index is 1.56. The number of amides is 1. The molecule has 5 heteroatoms. The van der Waals surface area contributed by atoms with Gasteiger partial charge in [-0.2, -0.15) is 0 Å². The van der Waals surface area contributed by atoms with Crippen molar-refractivity contribution in [3.8, 4) is 11.5 Å². The van der Waals surface area contributed by atoms with Crippen LogP contribution in [0, 0.1) is 0 Å². The number of likely N-dealkylation sites (tertiary alicyclic amines) is 2. The summed E-state index contributed by atoms with van der Waals surface area (Å²) in [6.45, 7) is 2.25. The molecule has 2 saturated heterocycles. The van der Waals surface area contributed by atoms with E-state index in [9.17, 15) is 4.79 Å². The molecule has 1 aromatic carbocycles. The number of hydrogen-bond acceptors (Lipinski definition) is 4. The lowest BCUT2D eigenvalue weighted by Crippen LogP contribution is -2.47. The lowest BCUT2D eigenvalue weighted by atomic mass is 10.0. The average molecular weight is 302 g/mol. The number of carbonyl (C=O) groups excluding carboxylic acids is 1. The number of rotatable bonds is 2. The van der Waals surface area contributed by atoms with E-state index in [0.29, 0.717) is 23.4 Å². The molecule has 1 aromatic rings. The van der Waals surface area contributed by atoms with Crippen LogP contribution in [0.5, 0.6) is 11.5 Å². The van der Waals surface area contributed by atoms with Crippen molar-refractivity contribution in [1.29, 1.82) is 0 Å². The van der Waals surface area contributed by atoms with Crippen molar-refractivity contribution < 1.29 is 14.3 Å². The molecular formula is C17H22N2O3.